The van der Waals surface area contributed by atoms with Crippen molar-refractivity contribution in [2.45, 2.75) is 17.8 Å². The SMILES string of the molecule is O=S(=O)([O-])CCC(F)C(F)(F)S(=O)(=O)[O-].[Na+].[Na+]. The summed E-state index contributed by atoms with van der Waals surface area (Å²) in [5, 5.41) is -5.24. The largest absolute Gasteiger partial charge is 1.00 e. The van der Waals surface area contributed by atoms with Crippen LogP contribution in [-0.2, 0) is 20.2 Å². The molecule has 0 aromatic carbocycles. The van der Waals surface area contributed by atoms with Gasteiger partial charge in [-0.05, 0) is 6.42 Å². The first-order valence-corrected chi connectivity index (χ1v) is 6.27. The Morgan fingerprint density at radius 1 is 1.06 bits per heavy atom. The van der Waals surface area contributed by atoms with Crippen molar-refractivity contribution in [3.8, 4) is 0 Å². The standard InChI is InChI=1S/C4H7F3O6S2.2Na/c5-3(1-2-14(8,9)10)4(6,7)15(11,12)13;;/h3H,1-2H2,(H,8,9,10)(H,11,12,13);;/q;2*+1/p-2. The van der Waals surface area contributed by atoms with Gasteiger partial charge in [0.15, 0.2) is 16.3 Å². The van der Waals surface area contributed by atoms with Gasteiger partial charge in [0.25, 0.3) is 0 Å². The van der Waals surface area contributed by atoms with Crippen LogP contribution < -0.4 is 59.1 Å². The maximum absolute atomic E-state index is 12.5. The van der Waals surface area contributed by atoms with Crippen LogP contribution in [0.25, 0.3) is 0 Å². The molecule has 1 unspecified atom stereocenters. The zero-order valence-corrected chi connectivity index (χ0v) is 14.5. The minimum absolute atomic E-state index is 0. The van der Waals surface area contributed by atoms with Crippen molar-refractivity contribution in [2.75, 3.05) is 5.75 Å². The van der Waals surface area contributed by atoms with E-state index in [1.54, 1.807) is 0 Å². The molecule has 13 heteroatoms. The Balaban J connectivity index is -0.000000980. The Morgan fingerprint density at radius 3 is 1.65 bits per heavy atom. The Bertz CT molecular complexity index is 421. The molecule has 0 aliphatic rings. The number of hydrogen-bond donors (Lipinski definition) is 0. The van der Waals surface area contributed by atoms with Gasteiger partial charge in [0, 0.05) is 5.75 Å². The summed E-state index contributed by atoms with van der Waals surface area (Å²) < 4.78 is 96.4. The molecule has 1 atom stereocenters. The molecule has 0 radical (unpaired) electrons. The first kappa shape index (κ1) is 23.7. The molecule has 0 aliphatic carbocycles. The van der Waals surface area contributed by atoms with Crippen LogP contribution in [0.3, 0.4) is 0 Å². The van der Waals surface area contributed by atoms with Crippen LogP contribution >= 0.6 is 0 Å². The third-order valence-corrected chi connectivity index (χ3v) is 2.98. The molecular weight excluding hydrogens is 311 g/mol. The van der Waals surface area contributed by atoms with Crippen LogP contribution in [-0.4, -0.2) is 43.1 Å². The summed E-state index contributed by atoms with van der Waals surface area (Å²) in [4.78, 5) is 0. The van der Waals surface area contributed by atoms with Gasteiger partial charge in [-0.15, -0.1) is 0 Å². The molecule has 17 heavy (non-hydrogen) atoms. The Kier molecular flexibility index (Phi) is 11.2. The van der Waals surface area contributed by atoms with Crippen molar-refractivity contribution >= 4 is 20.2 Å². The van der Waals surface area contributed by atoms with E-state index in [2.05, 4.69) is 0 Å². The normalized spacial score (nSPS) is 14.4. The first-order valence-electron chi connectivity index (χ1n) is 3.29. The van der Waals surface area contributed by atoms with Crippen molar-refractivity contribution < 1.29 is 98.2 Å². The average molecular weight is 316 g/mol. The van der Waals surface area contributed by atoms with Crippen LogP contribution in [0.15, 0.2) is 0 Å². The van der Waals surface area contributed by atoms with Crippen LogP contribution in [0.5, 0.6) is 0 Å². The van der Waals surface area contributed by atoms with E-state index in [1.807, 2.05) is 0 Å². The van der Waals surface area contributed by atoms with Gasteiger partial charge in [-0.25, -0.2) is 21.2 Å². The van der Waals surface area contributed by atoms with Gasteiger partial charge in [0.2, 0.25) is 0 Å². The van der Waals surface area contributed by atoms with E-state index in [0.29, 0.717) is 0 Å². The molecule has 0 amide bonds. The van der Waals surface area contributed by atoms with Crippen molar-refractivity contribution in [1.82, 2.24) is 0 Å². The Hall–Kier alpha value is 1.61. The zero-order valence-electron chi connectivity index (χ0n) is 8.89. The van der Waals surface area contributed by atoms with Crippen LogP contribution in [0.2, 0.25) is 0 Å². The van der Waals surface area contributed by atoms with E-state index in [-0.39, 0.29) is 59.1 Å². The van der Waals surface area contributed by atoms with Gasteiger partial charge in [-0.2, -0.15) is 8.78 Å². The summed E-state index contributed by atoms with van der Waals surface area (Å²) in [6, 6.07) is 0. The third-order valence-electron chi connectivity index (χ3n) is 1.32. The van der Waals surface area contributed by atoms with Crippen molar-refractivity contribution in [2.24, 2.45) is 0 Å². The summed E-state index contributed by atoms with van der Waals surface area (Å²) in [5.41, 5.74) is 0. The van der Waals surface area contributed by atoms with Crippen LogP contribution in [0, 0.1) is 0 Å². The predicted octanol–water partition coefficient (Wildman–Crippen LogP) is -6.59. The molecule has 0 saturated carbocycles. The summed E-state index contributed by atoms with van der Waals surface area (Å²) in [6.07, 6.45) is -5.08. The molecule has 0 heterocycles. The summed E-state index contributed by atoms with van der Waals surface area (Å²) in [6.45, 7) is 0. The van der Waals surface area contributed by atoms with E-state index in [0.717, 1.165) is 0 Å². The Morgan fingerprint density at radius 2 is 1.41 bits per heavy atom. The van der Waals surface area contributed by atoms with Gasteiger partial charge >= 0.3 is 64.4 Å². The van der Waals surface area contributed by atoms with E-state index in [4.69, 9.17) is 0 Å². The van der Waals surface area contributed by atoms with Gasteiger partial charge in [-0.1, -0.05) is 0 Å². The maximum atomic E-state index is 12.5. The molecule has 0 N–H and O–H groups in total. The van der Waals surface area contributed by atoms with E-state index < -0.39 is 43.8 Å². The molecule has 0 aromatic rings. The Labute approximate surface area is 140 Å². The topological polar surface area (TPSA) is 114 Å². The second kappa shape index (κ2) is 8.02. The number of hydrogen-bond acceptors (Lipinski definition) is 6. The second-order valence-electron chi connectivity index (χ2n) is 2.53. The fraction of sp³-hybridized carbons (Fsp3) is 1.00. The molecule has 92 valence electrons. The molecule has 0 fully saturated rings. The number of halogens is 3. The maximum Gasteiger partial charge on any atom is 1.00 e. The number of rotatable bonds is 5. The molecule has 0 spiro atoms. The fourth-order valence-electron chi connectivity index (χ4n) is 0.572. The second-order valence-corrected chi connectivity index (χ2v) is 5.51. The monoisotopic (exact) mass is 316 g/mol. The molecular formula is C4H5F3Na2O6S2. The minimum atomic E-state index is -6.22. The van der Waals surface area contributed by atoms with Gasteiger partial charge in [0.1, 0.15) is 0 Å². The molecule has 0 aromatic heterocycles. The summed E-state index contributed by atoms with van der Waals surface area (Å²) >= 11 is 0. The molecule has 0 rings (SSSR count). The predicted molar refractivity (Wildman–Crippen MR) is 38.7 cm³/mol. The molecule has 0 aliphatic heterocycles. The zero-order chi connectivity index (χ0) is 12.5. The fourth-order valence-corrected chi connectivity index (χ4v) is 1.50. The van der Waals surface area contributed by atoms with Crippen molar-refractivity contribution in [1.29, 1.82) is 0 Å². The third kappa shape index (κ3) is 8.39. The van der Waals surface area contributed by atoms with Gasteiger partial charge in [0.05, 0.1) is 10.1 Å². The van der Waals surface area contributed by atoms with Gasteiger partial charge in [-0.3, -0.25) is 0 Å². The van der Waals surface area contributed by atoms with Crippen LogP contribution in [0.4, 0.5) is 13.2 Å². The molecule has 6 nitrogen and oxygen atoms in total. The van der Waals surface area contributed by atoms with Crippen molar-refractivity contribution in [3.05, 3.63) is 0 Å². The quantitative estimate of drug-likeness (QED) is 0.368. The van der Waals surface area contributed by atoms with Crippen LogP contribution in [0.1, 0.15) is 6.42 Å². The smallest absolute Gasteiger partial charge is 0.748 e. The summed E-state index contributed by atoms with van der Waals surface area (Å²) in [5.74, 6) is -1.51. The van der Waals surface area contributed by atoms with Gasteiger partial charge < -0.3 is 9.11 Å². The average Bonchev–Trinajstić information content (AvgIpc) is 1.96. The van der Waals surface area contributed by atoms with Crippen molar-refractivity contribution in [3.63, 3.8) is 0 Å². The summed E-state index contributed by atoms with van der Waals surface area (Å²) in [7, 11) is -11.2. The number of alkyl halides is 3. The first-order chi connectivity index (χ1) is 6.38. The minimum Gasteiger partial charge on any atom is -0.748 e. The van der Waals surface area contributed by atoms with E-state index in [1.165, 1.54) is 0 Å². The molecule has 0 saturated heterocycles. The van der Waals surface area contributed by atoms with E-state index >= 15 is 0 Å². The van der Waals surface area contributed by atoms with E-state index in [9.17, 15) is 39.1 Å². The molecule has 0 bridgehead atoms.